The van der Waals surface area contributed by atoms with Crippen LogP contribution in [0, 0.1) is 5.82 Å². The maximum atomic E-state index is 12.5. The third kappa shape index (κ3) is 3.67. The molecule has 1 rings (SSSR count). The summed E-state index contributed by atoms with van der Waals surface area (Å²) in [6.07, 6.45) is 3.27. The maximum Gasteiger partial charge on any atom is 0.155 e. The third-order valence-corrected chi connectivity index (χ3v) is 2.25. The normalized spacial score (nSPS) is 11.4. The number of allylic oxidation sites excluding steroid dienone is 2. The van der Waals surface area contributed by atoms with E-state index < -0.39 is 0 Å². The van der Waals surface area contributed by atoms with Crippen molar-refractivity contribution in [2.24, 2.45) is 0 Å². The smallest absolute Gasteiger partial charge is 0.155 e. The lowest BCUT2D eigenvalue weighted by Gasteiger charge is -1.95. The maximum absolute atomic E-state index is 12.5. The Morgan fingerprint density at radius 3 is 2.54 bits per heavy atom. The molecule has 0 radical (unpaired) electrons. The Morgan fingerprint density at radius 2 is 2.00 bits per heavy atom. The topological polar surface area (TPSA) is 17.1 Å². The van der Waals surface area contributed by atoms with E-state index in [0.717, 1.165) is 11.8 Å². The highest BCUT2D eigenvalue weighted by Gasteiger charge is 1.92. The summed E-state index contributed by atoms with van der Waals surface area (Å²) in [7, 11) is 0. The first-order valence-corrected chi connectivity index (χ1v) is 4.85. The summed E-state index contributed by atoms with van der Waals surface area (Å²) in [5.41, 5.74) is 0.998. The van der Waals surface area contributed by atoms with Crippen molar-refractivity contribution >= 4 is 28.9 Å². The molecule has 1 nitrogen and oxygen atoms in total. The summed E-state index contributed by atoms with van der Waals surface area (Å²) in [5.74, 6) is -0.238. The fraction of sp³-hybridized carbons (Fsp3) is 0.100. The molecule has 0 saturated carbocycles. The minimum absolute atomic E-state index is 0.238. The zero-order valence-electron chi connectivity index (χ0n) is 6.84. The van der Waals surface area contributed by atoms with Crippen molar-refractivity contribution < 1.29 is 9.18 Å². The highest BCUT2D eigenvalue weighted by Crippen LogP contribution is 2.07. The molecule has 0 aliphatic rings. The summed E-state index contributed by atoms with van der Waals surface area (Å²) in [6.45, 7) is 0. The SMILES string of the molecule is O=C/C(I)=C/Cc1ccc(F)cc1. The van der Waals surface area contributed by atoms with Gasteiger partial charge < -0.3 is 0 Å². The first-order valence-electron chi connectivity index (χ1n) is 3.77. The van der Waals surface area contributed by atoms with Gasteiger partial charge in [-0.3, -0.25) is 4.79 Å². The van der Waals surface area contributed by atoms with Gasteiger partial charge in [-0.05, 0) is 46.7 Å². The number of halogens is 2. The molecule has 1 aromatic carbocycles. The van der Waals surface area contributed by atoms with E-state index in [9.17, 15) is 9.18 Å². The Hall–Kier alpha value is -0.710. The van der Waals surface area contributed by atoms with Gasteiger partial charge in [-0.15, -0.1) is 0 Å². The molecule has 3 heteroatoms. The fourth-order valence-electron chi connectivity index (χ4n) is 0.884. The van der Waals surface area contributed by atoms with Gasteiger partial charge in [-0.25, -0.2) is 4.39 Å². The number of carbonyl (C=O) groups is 1. The van der Waals surface area contributed by atoms with Crippen molar-refractivity contribution in [1.82, 2.24) is 0 Å². The average molecular weight is 290 g/mol. The van der Waals surface area contributed by atoms with Crippen LogP contribution in [0.3, 0.4) is 0 Å². The van der Waals surface area contributed by atoms with E-state index >= 15 is 0 Å². The van der Waals surface area contributed by atoms with Gasteiger partial charge in [0.1, 0.15) is 5.82 Å². The molecular formula is C10H8FIO. The van der Waals surface area contributed by atoms with Crippen LogP contribution >= 0.6 is 22.6 Å². The van der Waals surface area contributed by atoms with Gasteiger partial charge in [-0.2, -0.15) is 0 Å². The molecule has 0 N–H and O–H groups in total. The molecule has 0 aromatic heterocycles. The third-order valence-electron chi connectivity index (χ3n) is 1.56. The molecule has 68 valence electrons. The lowest BCUT2D eigenvalue weighted by Crippen LogP contribution is -1.82. The van der Waals surface area contributed by atoms with Crippen LogP contribution in [-0.4, -0.2) is 6.29 Å². The summed E-state index contributed by atoms with van der Waals surface area (Å²) < 4.78 is 13.1. The number of rotatable bonds is 3. The molecule has 1 aromatic rings. The van der Waals surface area contributed by atoms with Crippen molar-refractivity contribution in [2.45, 2.75) is 6.42 Å². The van der Waals surface area contributed by atoms with Crippen molar-refractivity contribution in [1.29, 1.82) is 0 Å². The van der Waals surface area contributed by atoms with Crippen LogP contribution in [-0.2, 0) is 11.2 Å². The number of benzene rings is 1. The van der Waals surface area contributed by atoms with Gasteiger partial charge in [-0.1, -0.05) is 18.2 Å². The van der Waals surface area contributed by atoms with E-state index in [1.165, 1.54) is 12.1 Å². The highest BCUT2D eigenvalue weighted by molar-refractivity contribution is 14.1. The molecule has 0 saturated heterocycles. The molecule has 0 bridgehead atoms. The molecule has 0 fully saturated rings. The second kappa shape index (κ2) is 5.11. The number of hydrogen-bond donors (Lipinski definition) is 0. The average Bonchev–Trinajstić information content (AvgIpc) is 2.16. The molecule has 0 amide bonds. The van der Waals surface area contributed by atoms with Gasteiger partial charge in [0, 0.05) is 3.58 Å². The quantitative estimate of drug-likeness (QED) is 0.475. The van der Waals surface area contributed by atoms with Crippen LogP contribution < -0.4 is 0 Å². The number of hydrogen-bond acceptors (Lipinski definition) is 1. The van der Waals surface area contributed by atoms with Gasteiger partial charge in [0.15, 0.2) is 6.29 Å². The van der Waals surface area contributed by atoms with E-state index in [4.69, 9.17) is 0 Å². The minimum Gasteiger partial charge on any atom is -0.297 e. The highest BCUT2D eigenvalue weighted by atomic mass is 127. The summed E-state index contributed by atoms with van der Waals surface area (Å²) >= 11 is 1.96. The molecule has 0 aliphatic heterocycles. The predicted octanol–water partition coefficient (Wildman–Crippen LogP) is 2.89. The van der Waals surface area contributed by atoms with Gasteiger partial charge in [0.05, 0.1) is 0 Å². The van der Waals surface area contributed by atoms with E-state index in [1.807, 2.05) is 22.6 Å². The first-order chi connectivity index (χ1) is 6.22. The Balaban J connectivity index is 2.65. The van der Waals surface area contributed by atoms with E-state index in [-0.39, 0.29) is 5.82 Å². The molecular weight excluding hydrogens is 282 g/mol. The zero-order chi connectivity index (χ0) is 9.68. The zero-order valence-corrected chi connectivity index (χ0v) is 8.99. The van der Waals surface area contributed by atoms with Crippen LogP contribution in [0.25, 0.3) is 0 Å². The second-order valence-electron chi connectivity index (χ2n) is 2.54. The minimum atomic E-state index is -0.238. The standard InChI is InChI=1S/C10H8FIO/c11-9-4-1-8(2-5-9)3-6-10(12)7-13/h1-2,4-7H,3H2/b10-6-. The van der Waals surface area contributed by atoms with Crippen LogP contribution in [0.2, 0.25) is 0 Å². The molecule has 0 atom stereocenters. The predicted molar refractivity (Wildman–Crippen MR) is 58.3 cm³/mol. The number of carbonyl (C=O) groups excluding carboxylic acids is 1. The van der Waals surface area contributed by atoms with Gasteiger partial charge >= 0.3 is 0 Å². The lowest BCUT2D eigenvalue weighted by atomic mass is 10.1. The van der Waals surface area contributed by atoms with Crippen molar-refractivity contribution in [3.05, 3.63) is 45.3 Å². The molecule has 0 unspecified atom stereocenters. The Morgan fingerprint density at radius 1 is 1.38 bits per heavy atom. The molecule has 0 heterocycles. The fourth-order valence-corrected chi connectivity index (χ4v) is 1.10. The number of aldehydes is 1. The van der Waals surface area contributed by atoms with Gasteiger partial charge in [0.25, 0.3) is 0 Å². The molecule has 0 spiro atoms. The lowest BCUT2D eigenvalue weighted by molar-refractivity contribution is -0.104. The summed E-state index contributed by atoms with van der Waals surface area (Å²) in [5, 5.41) is 0. The second-order valence-corrected chi connectivity index (χ2v) is 3.78. The monoisotopic (exact) mass is 290 g/mol. The van der Waals surface area contributed by atoms with E-state index in [0.29, 0.717) is 10.0 Å². The Labute approximate surface area is 89.8 Å². The molecule has 13 heavy (non-hydrogen) atoms. The van der Waals surface area contributed by atoms with Crippen molar-refractivity contribution in [3.8, 4) is 0 Å². The Bertz CT molecular complexity index is 316. The Kier molecular flexibility index (Phi) is 4.08. The van der Waals surface area contributed by atoms with Crippen LogP contribution in [0.4, 0.5) is 4.39 Å². The first kappa shape index (κ1) is 10.4. The van der Waals surface area contributed by atoms with Crippen LogP contribution in [0.5, 0.6) is 0 Å². The largest absolute Gasteiger partial charge is 0.297 e. The van der Waals surface area contributed by atoms with Crippen molar-refractivity contribution in [3.63, 3.8) is 0 Å². The molecule has 0 aliphatic carbocycles. The van der Waals surface area contributed by atoms with Crippen LogP contribution in [0.15, 0.2) is 33.9 Å². The van der Waals surface area contributed by atoms with Crippen LogP contribution in [0.1, 0.15) is 5.56 Å². The van der Waals surface area contributed by atoms with E-state index in [2.05, 4.69) is 0 Å². The van der Waals surface area contributed by atoms with Crippen molar-refractivity contribution in [2.75, 3.05) is 0 Å². The van der Waals surface area contributed by atoms with Gasteiger partial charge in [0.2, 0.25) is 0 Å². The summed E-state index contributed by atoms with van der Waals surface area (Å²) in [6, 6.07) is 6.25. The van der Waals surface area contributed by atoms with E-state index in [1.54, 1.807) is 18.2 Å². The summed E-state index contributed by atoms with van der Waals surface area (Å²) in [4.78, 5) is 10.2.